The smallest absolute Gasteiger partial charge is 0.196 e. The summed E-state index contributed by atoms with van der Waals surface area (Å²) < 4.78 is 13.1. The quantitative estimate of drug-likeness (QED) is 0.593. The molecule has 154 valence electrons. The molecule has 2 fully saturated rings. The molecule has 0 radical (unpaired) electrons. The summed E-state index contributed by atoms with van der Waals surface area (Å²) >= 11 is 0. The highest BCUT2D eigenvalue weighted by Gasteiger charge is 2.78. The lowest BCUT2D eigenvalue weighted by atomic mass is 9.56. The van der Waals surface area contributed by atoms with Gasteiger partial charge in [0.05, 0.1) is 11.2 Å². The Balaban J connectivity index is 2.00. The molecule has 1 aliphatic carbocycles. The fourth-order valence-corrected chi connectivity index (χ4v) is 5.51. The third-order valence-electron chi connectivity index (χ3n) is 6.80. The second kappa shape index (κ2) is 6.05. The Morgan fingerprint density at radius 2 is 2.00 bits per heavy atom. The van der Waals surface area contributed by atoms with Crippen LogP contribution < -0.4 is 4.74 Å². The first-order chi connectivity index (χ1) is 13.5. The number of carbonyl (C=O) groups is 2. The molecule has 0 amide bonds. The van der Waals surface area contributed by atoms with Crippen LogP contribution in [0.5, 0.6) is 11.5 Å². The van der Waals surface area contributed by atoms with Crippen molar-refractivity contribution in [2.24, 2.45) is 11.8 Å². The number of allylic oxidation sites excluding steroid dienone is 1. The van der Waals surface area contributed by atoms with Crippen molar-refractivity contribution in [1.29, 1.82) is 0 Å². The lowest BCUT2D eigenvalue weighted by Crippen LogP contribution is -2.69. The van der Waals surface area contributed by atoms with Crippen LogP contribution >= 0.6 is 0 Å². The molecule has 1 saturated carbocycles. The summed E-state index contributed by atoms with van der Waals surface area (Å²) in [6.07, 6.45) is 2.85. The Labute approximate surface area is 171 Å². The van der Waals surface area contributed by atoms with Crippen LogP contribution in [-0.4, -0.2) is 33.5 Å². The molecule has 2 heterocycles. The number of ether oxygens (including phenoxy) is 2. The van der Waals surface area contributed by atoms with Gasteiger partial charge < -0.3 is 14.6 Å². The Hall–Kier alpha value is -2.40. The van der Waals surface area contributed by atoms with Crippen LogP contribution in [-0.2, 0) is 9.53 Å². The van der Waals surface area contributed by atoms with Crippen LogP contribution in [0.4, 0.5) is 0 Å². The Morgan fingerprint density at radius 1 is 1.31 bits per heavy atom. The maximum atomic E-state index is 13.7. The molecular formula is C24H28O5. The van der Waals surface area contributed by atoms with Gasteiger partial charge in [0.25, 0.3) is 0 Å². The molecule has 5 heteroatoms. The SMILES string of the molecule is C=C1C(=O)c2cc(O)ccc2OC12C1CC(C)C(=O)C2(CC=C(C)C)OC1(C)C. The van der Waals surface area contributed by atoms with Crippen LogP contribution in [0.25, 0.3) is 0 Å². The molecule has 1 spiro atoms. The molecule has 4 atom stereocenters. The Morgan fingerprint density at radius 3 is 2.66 bits per heavy atom. The van der Waals surface area contributed by atoms with Gasteiger partial charge in [0.2, 0.25) is 0 Å². The number of rotatable bonds is 2. The number of benzene rings is 1. The second-order valence-corrected chi connectivity index (χ2v) is 9.40. The highest BCUT2D eigenvalue weighted by Crippen LogP contribution is 2.64. The number of ketones is 2. The molecule has 1 aromatic rings. The van der Waals surface area contributed by atoms with Crippen LogP contribution in [0.1, 0.15) is 57.8 Å². The van der Waals surface area contributed by atoms with Crippen molar-refractivity contribution >= 4 is 11.6 Å². The third-order valence-corrected chi connectivity index (χ3v) is 6.80. The summed E-state index contributed by atoms with van der Waals surface area (Å²) in [5.74, 6) is -0.435. The molecule has 5 nitrogen and oxygen atoms in total. The molecule has 2 aliphatic heterocycles. The van der Waals surface area contributed by atoms with Gasteiger partial charge in [0, 0.05) is 23.8 Å². The van der Waals surface area contributed by atoms with Gasteiger partial charge in [-0.2, -0.15) is 0 Å². The van der Waals surface area contributed by atoms with Gasteiger partial charge in [-0.25, -0.2) is 0 Å². The van der Waals surface area contributed by atoms with E-state index in [2.05, 4.69) is 6.58 Å². The fourth-order valence-electron chi connectivity index (χ4n) is 5.51. The van der Waals surface area contributed by atoms with E-state index in [9.17, 15) is 14.7 Å². The number of hydrogen-bond acceptors (Lipinski definition) is 5. The zero-order valence-electron chi connectivity index (χ0n) is 17.7. The van der Waals surface area contributed by atoms with E-state index in [4.69, 9.17) is 9.47 Å². The van der Waals surface area contributed by atoms with E-state index in [0.29, 0.717) is 18.6 Å². The van der Waals surface area contributed by atoms with E-state index < -0.39 is 16.8 Å². The highest BCUT2D eigenvalue weighted by molar-refractivity contribution is 6.14. The van der Waals surface area contributed by atoms with Crippen molar-refractivity contribution in [3.8, 4) is 11.5 Å². The summed E-state index contributed by atoms with van der Waals surface area (Å²) in [4.78, 5) is 27.0. The minimum absolute atomic E-state index is 0.0170. The molecule has 2 bridgehead atoms. The predicted octanol–water partition coefficient (Wildman–Crippen LogP) is 4.39. The van der Waals surface area contributed by atoms with Crippen molar-refractivity contribution in [1.82, 2.24) is 0 Å². The number of carbonyl (C=O) groups excluding carboxylic acids is 2. The zero-order valence-corrected chi connectivity index (χ0v) is 17.7. The maximum Gasteiger partial charge on any atom is 0.196 e. The largest absolute Gasteiger partial charge is 0.508 e. The lowest BCUT2D eigenvalue weighted by molar-refractivity contribution is -0.169. The molecule has 1 saturated heterocycles. The van der Waals surface area contributed by atoms with Gasteiger partial charge >= 0.3 is 0 Å². The molecule has 1 aromatic carbocycles. The molecule has 3 aliphatic rings. The minimum atomic E-state index is -1.32. The summed E-state index contributed by atoms with van der Waals surface area (Å²) in [6, 6.07) is 4.46. The van der Waals surface area contributed by atoms with Crippen molar-refractivity contribution in [3.63, 3.8) is 0 Å². The minimum Gasteiger partial charge on any atom is -0.508 e. The zero-order chi connectivity index (χ0) is 21.4. The van der Waals surface area contributed by atoms with Crippen molar-refractivity contribution in [3.05, 3.63) is 47.6 Å². The summed E-state index contributed by atoms with van der Waals surface area (Å²) in [5, 5.41) is 9.84. The second-order valence-electron chi connectivity index (χ2n) is 9.40. The lowest BCUT2D eigenvalue weighted by Gasteiger charge is -2.52. The van der Waals surface area contributed by atoms with Crippen molar-refractivity contribution in [2.45, 2.75) is 64.3 Å². The van der Waals surface area contributed by atoms with E-state index in [1.807, 2.05) is 40.7 Å². The Kier molecular flexibility index (Phi) is 4.15. The molecule has 4 rings (SSSR count). The summed E-state index contributed by atoms with van der Waals surface area (Å²) in [6.45, 7) is 13.9. The van der Waals surface area contributed by atoms with Crippen molar-refractivity contribution < 1.29 is 24.2 Å². The average molecular weight is 396 g/mol. The summed E-state index contributed by atoms with van der Waals surface area (Å²) in [7, 11) is 0. The number of phenolic OH excluding ortho intramolecular Hbond substituents is 1. The monoisotopic (exact) mass is 396 g/mol. The van der Waals surface area contributed by atoms with Crippen LogP contribution in [0.15, 0.2) is 42.0 Å². The van der Waals surface area contributed by atoms with E-state index >= 15 is 0 Å². The first-order valence-corrected chi connectivity index (χ1v) is 10.1. The van der Waals surface area contributed by atoms with Gasteiger partial charge in [-0.1, -0.05) is 25.2 Å². The first kappa shape index (κ1) is 19.9. The third kappa shape index (κ3) is 2.43. The van der Waals surface area contributed by atoms with Crippen LogP contribution in [0.2, 0.25) is 0 Å². The van der Waals surface area contributed by atoms with Gasteiger partial charge in [0.15, 0.2) is 22.8 Å². The van der Waals surface area contributed by atoms with Gasteiger partial charge in [-0.3, -0.25) is 9.59 Å². The number of fused-ring (bicyclic) bond motifs is 1. The van der Waals surface area contributed by atoms with E-state index in [1.165, 1.54) is 12.1 Å². The standard InChI is InChI=1S/C24H28O5/c1-13(2)9-10-23-21(27)14(3)11-19(22(5,6)29-23)24(23)15(4)20(26)17-12-16(25)7-8-18(17)28-24/h7-9,12,14,19,25H,4,10-11H2,1-3,5-6H3. The fraction of sp³-hybridized carbons (Fsp3) is 0.500. The van der Waals surface area contributed by atoms with Gasteiger partial charge in [-0.05, 0) is 52.3 Å². The first-order valence-electron chi connectivity index (χ1n) is 10.1. The summed E-state index contributed by atoms with van der Waals surface area (Å²) in [5.41, 5.74) is -1.71. The maximum absolute atomic E-state index is 13.7. The molecule has 0 aromatic heterocycles. The van der Waals surface area contributed by atoms with E-state index in [1.54, 1.807) is 6.07 Å². The van der Waals surface area contributed by atoms with Crippen LogP contribution in [0, 0.1) is 11.8 Å². The number of Topliss-reactive ketones (excluding diaryl/α,β-unsaturated/α-hetero) is 2. The van der Waals surface area contributed by atoms with E-state index in [-0.39, 0.29) is 40.3 Å². The number of hydrogen-bond donors (Lipinski definition) is 1. The van der Waals surface area contributed by atoms with Gasteiger partial charge in [-0.15, -0.1) is 0 Å². The number of aromatic hydroxyl groups is 1. The topological polar surface area (TPSA) is 72.8 Å². The molecular weight excluding hydrogens is 368 g/mol. The molecule has 4 unspecified atom stereocenters. The predicted molar refractivity (Wildman–Crippen MR) is 109 cm³/mol. The number of phenols is 1. The Bertz CT molecular complexity index is 967. The van der Waals surface area contributed by atoms with Crippen LogP contribution in [0.3, 0.4) is 0 Å². The molecule has 1 N–H and O–H groups in total. The van der Waals surface area contributed by atoms with E-state index in [0.717, 1.165) is 5.57 Å². The highest BCUT2D eigenvalue weighted by atomic mass is 16.6. The normalized spacial score (nSPS) is 34.7. The average Bonchev–Trinajstić information content (AvgIpc) is 2.78. The van der Waals surface area contributed by atoms with Crippen molar-refractivity contribution in [2.75, 3.05) is 0 Å². The van der Waals surface area contributed by atoms with Gasteiger partial charge in [0.1, 0.15) is 11.5 Å². The molecule has 29 heavy (non-hydrogen) atoms.